The summed E-state index contributed by atoms with van der Waals surface area (Å²) in [7, 11) is 1.92. The zero-order valence-electron chi connectivity index (χ0n) is 10.7. The second-order valence-corrected chi connectivity index (χ2v) is 5.53. The number of ketones is 1. The fourth-order valence-electron chi connectivity index (χ4n) is 2.36. The van der Waals surface area contributed by atoms with Crippen molar-refractivity contribution in [2.75, 3.05) is 0 Å². The molecule has 0 amide bonds. The second-order valence-electron chi connectivity index (χ2n) is 4.66. The predicted molar refractivity (Wildman–Crippen MR) is 82.8 cm³/mol. The molecular weight excluding hydrogens is 293 g/mol. The number of carbonyl (C=O) groups is 1. The standard InChI is InChI=1S/C16H11Cl2NO/c1-19-9-14(13-4-2-3-5-15(13)19)16(20)10-6-11(17)8-12(18)7-10/h2-9H,1H3. The molecule has 3 rings (SSSR count). The van der Waals surface area contributed by atoms with Gasteiger partial charge in [0.2, 0.25) is 0 Å². The Bertz CT molecular complexity index is 800. The Hall–Kier alpha value is -1.77. The van der Waals surface area contributed by atoms with Crippen LogP contribution in [0, 0.1) is 0 Å². The summed E-state index contributed by atoms with van der Waals surface area (Å²) in [5.74, 6) is -0.0776. The Morgan fingerprint density at radius 1 is 1.05 bits per heavy atom. The van der Waals surface area contributed by atoms with Crippen LogP contribution in [0.2, 0.25) is 10.0 Å². The number of para-hydroxylation sites is 1. The summed E-state index contributed by atoms with van der Waals surface area (Å²) in [5, 5.41) is 1.85. The Morgan fingerprint density at radius 2 is 1.70 bits per heavy atom. The van der Waals surface area contributed by atoms with Crippen LogP contribution in [-0.2, 0) is 7.05 Å². The molecule has 20 heavy (non-hydrogen) atoms. The molecule has 1 heterocycles. The van der Waals surface area contributed by atoms with Crippen LogP contribution in [0.5, 0.6) is 0 Å². The average Bonchev–Trinajstić information content (AvgIpc) is 2.75. The van der Waals surface area contributed by atoms with Crippen molar-refractivity contribution in [1.82, 2.24) is 4.57 Å². The maximum atomic E-state index is 12.6. The maximum Gasteiger partial charge on any atom is 0.195 e. The van der Waals surface area contributed by atoms with E-state index in [0.717, 1.165) is 10.9 Å². The fraction of sp³-hybridized carbons (Fsp3) is 0.0625. The number of carbonyl (C=O) groups excluding carboxylic acids is 1. The molecule has 2 nitrogen and oxygen atoms in total. The van der Waals surface area contributed by atoms with Crippen molar-refractivity contribution in [3.63, 3.8) is 0 Å². The molecule has 2 aromatic carbocycles. The van der Waals surface area contributed by atoms with Crippen LogP contribution in [0.1, 0.15) is 15.9 Å². The van der Waals surface area contributed by atoms with Gasteiger partial charge in [0.1, 0.15) is 0 Å². The van der Waals surface area contributed by atoms with E-state index < -0.39 is 0 Å². The molecule has 0 saturated carbocycles. The third-order valence-corrected chi connectivity index (χ3v) is 3.70. The minimum Gasteiger partial charge on any atom is -0.350 e. The van der Waals surface area contributed by atoms with Crippen LogP contribution < -0.4 is 0 Å². The molecule has 0 atom stereocenters. The molecule has 0 unspecified atom stereocenters. The molecule has 0 N–H and O–H groups in total. The second kappa shape index (κ2) is 4.97. The normalized spacial score (nSPS) is 10.9. The number of hydrogen-bond donors (Lipinski definition) is 0. The lowest BCUT2D eigenvalue weighted by atomic mass is 10.0. The van der Waals surface area contributed by atoms with Gasteiger partial charge in [0, 0.05) is 45.3 Å². The molecule has 3 aromatic rings. The van der Waals surface area contributed by atoms with E-state index in [1.54, 1.807) is 18.2 Å². The van der Waals surface area contributed by atoms with Gasteiger partial charge in [-0.15, -0.1) is 0 Å². The van der Waals surface area contributed by atoms with E-state index in [2.05, 4.69) is 0 Å². The molecule has 0 fully saturated rings. The van der Waals surface area contributed by atoms with Crippen molar-refractivity contribution in [2.24, 2.45) is 7.05 Å². The minimum atomic E-state index is -0.0776. The lowest BCUT2D eigenvalue weighted by Gasteiger charge is -2.02. The lowest BCUT2D eigenvalue weighted by Crippen LogP contribution is -2.00. The summed E-state index contributed by atoms with van der Waals surface area (Å²) in [5.41, 5.74) is 2.17. The summed E-state index contributed by atoms with van der Waals surface area (Å²) < 4.78 is 1.94. The summed E-state index contributed by atoms with van der Waals surface area (Å²) >= 11 is 11.9. The molecule has 0 saturated heterocycles. The monoisotopic (exact) mass is 303 g/mol. The zero-order valence-corrected chi connectivity index (χ0v) is 12.2. The Morgan fingerprint density at radius 3 is 2.40 bits per heavy atom. The van der Waals surface area contributed by atoms with E-state index in [1.807, 2.05) is 42.1 Å². The van der Waals surface area contributed by atoms with E-state index in [9.17, 15) is 4.79 Å². The van der Waals surface area contributed by atoms with Crippen molar-refractivity contribution >= 4 is 39.9 Å². The zero-order chi connectivity index (χ0) is 14.3. The smallest absolute Gasteiger partial charge is 0.195 e. The van der Waals surface area contributed by atoms with Crippen LogP contribution in [0.4, 0.5) is 0 Å². The number of hydrogen-bond acceptors (Lipinski definition) is 1. The van der Waals surface area contributed by atoms with Gasteiger partial charge < -0.3 is 4.57 Å². The van der Waals surface area contributed by atoms with Gasteiger partial charge >= 0.3 is 0 Å². The molecule has 0 aliphatic rings. The molecule has 1 aromatic heterocycles. The van der Waals surface area contributed by atoms with E-state index in [1.165, 1.54) is 0 Å². The third-order valence-electron chi connectivity index (χ3n) is 3.27. The molecule has 0 aliphatic heterocycles. The highest BCUT2D eigenvalue weighted by molar-refractivity contribution is 6.35. The van der Waals surface area contributed by atoms with E-state index >= 15 is 0 Å². The summed E-state index contributed by atoms with van der Waals surface area (Å²) in [6.45, 7) is 0. The van der Waals surface area contributed by atoms with Gasteiger partial charge in [0.05, 0.1) is 0 Å². The largest absolute Gasteiger partial charge is 0.350 e. The van der Waals surface area contributed by atoms with Crippen molar-refractivity contribution < 1.29 is 4.79 Å². The molecule has 100 valence electrons. The molecule has 0 radical (unpaired) electrons. The molecule has 0 bridgehead atoms. The quantitative estimate of drug-likeness (QED) is 0.628. The fourth-order valence-corrected chi connectivity index (χ4v) is 2.89. The van der Waals surface area contributed by atoms with Crippen LogP contribution >= 0.6 is 23.2 Å². The number of nitrogens with zero attached hydrogens (tertiary/aromatic N) is 1. The van der Waals surface area contributed by atoms with Gasteiger partial charge in [-0.05, 0) is 24.3 Å². The van der Waals surface area contributed by atoms with Crippen molar-refractivity contribution in [2.45, 2.75) is 0 Å². The Kier molecular flexibility index (Phi) is 3.28. The minimum absolute atomic E-state index is 0.0776. The first-order chi connectivity index (χ1) is 9.56. The van der Waals surface area contributed by atoms with Crippen molar-refractivity contribution in [3.8, 4) is 0 Å². The van der Waals surface area contributed by atoms with Gasteiger partial charge in [0.25, 0.3) is 0 Å². The van der Waals surface area contributed by atoms with Gasteiger partial charge in [-0.1, -0.05) is 41.4 Å². The first-order valence-corrected chi connectivity index (χ1v) is 6.87. The summed E-state index contributed by atoms with van der Waals surface area (Å²) in [6, 6.07) is 12.7. The Labute approximate surface area is 126 Å². The number of benzene rings is 2. The Balaban J connectivity index is 2.18. The summed E-state index contributed by atoms with van der Waals surface area (Å²) in [4.78, 5) is 12.6. The topological polar surface area (TPSA) is 22.0 Å². The van der Waals surface area contributed by atoms with Crippen molar-refractivity contribution in [3.05, 3.63) is 69.8 Å². The number of fused-ring (bicyclic) bond motifs is 1. The SMILES string of the molecule is Cn1cc(C(=O)c2cc(Cl)cc(Cl)c2)c2ccccc21. The molecule has 4 heteroatoms. The first kappa shape index (κ1) is 13.2. The third kappa shape index (κ3) is 2.21. The highest BCUT2D eigenvalue weighted by Crippen LogP contribution is 2.26. The molecule has 0 aliphatic carbocycles. The van der Waals surface area contributed by atoms with Crippen LogP contribution in [-0.4, -0.2) is 10.4 Å². The number of rotatable bonds is 2. The van der Waals surface area contributed by atoms with Crippen LogP contribution in [0.15, 0.2) is 48.7 Å². The van der Waals surface area contributed by atoms with Crippen molar-refractivity contribution in [1.29, 1.82) is 0 Å². The summed E-state index contributed by atoms with van der Waals surface area (Å²) in [6.07, 6.45) is 1.84. The molecule has 0 spiro atoms. The van der Waals surface area contributed by atoms with Crippen LogP contribution in [0.3, 0.4) is 0 Å². The lowest BCUT2D eigenvalue weighted by molar-refractivity contribution is 0.104. The van der Waals surface area contributed by atoms with Gasteiger partial charge in [0.15, 0.2) is 5.78 Å². The van der Waals surface area contributed by atoms with Crippen LogP contribution in [0.25, 0.3) is 10.9 Å². The van der Waals surface area contributed by atoms with Gasteiger partial charge in [-0.3, -0.25) is 4.79 Å². The average molecular weight is 304 g/mol. The number of halogens is 2. The van der Waals surface area contributed by atoms with E-state index in [4.69, 9.17) is 23.2 Å². The number of aryl methyl sites for hydroxylation is 1. The maximum absolute atomic E-state index is 12.6. The highest BCUT2D eigenvalue weighted by Gasteiger charge is 2.16. The van der Waals surface area contributed by atoms with E-state index in [-0.39, 0.29) is 5.78 Å². The first-order valence-electron chi connectivity index (χ1n) is 6.11. The van der Waals surface area contributed by atoms with Gasteiger partial charge in [-0.25, -0.2) is 0 Å². The highest BCUT2D eigenvalue weighted by atomic mass is 35.5. The predicted octanol–water partition coefficient (Wildman–Crippen LogP) is 4.72. The molecular formula is C16H11Cl2NO. The van der Waals surface area contributed by atoms with E-state index in [0.29, 0.717) is 21.2 Å². The number of aromatic nitrogens is 1. The van der Waals surface area contributed by atoms with Gasteiger partial charge in [-0.2, -0.15) is 0 Å².